The van der Waals surface area contributed by atoms with E-state index in [1.54, 1.807) is 5.56 Å². The van der Waals surface area contributed by atoms with Crippen LogP contribution in [0.25, 0.3) is 0 Å². The normalized spacial score (nSPS) is 17.4. The largest absolute Gasteiger partial charge is 0.320 e. The minimum absolute atomic E-state index is 0.785. The van der Waals surface area contributed by atoms with E-state index in [1.165, 1.54) is 30.4 Å². The van der Waals surface area contributed by atoms with Crippen LogP contribution in [0.4, 0.5) is 0 Å². The molecule has 2 rings (SSSR count). The van der Waals surface area contributed by atoms with Crippen molar-refractivity contribution >= 4 is 0 Å². The summed E-state index contributed by atoms with van der Waals surface area (Å²) in [4.78, 5) is 0. The van der Waals surface area contributed by atoms with E-state index in [4.69, 9.17) is 0 Å². The van der Waals surface area contributed by atoms with Gasteiger partial charge in [0.05, 0.1) is 0 Å². The molecule has 0 saturated heterocycles. The minimum Gasteiger partial charge on any atom is -0.320 e. The Morgan fingerprint density at radius 1 is 1.31 bits per heavy atom. The van der Waals surface area contributed by atoms with Gasteiger partial charge in [-0.25, -0.2) is 0 Å². The van der Waals surface area contributed by atoms with E-state index in [-0.39, 0.29) is 0 Å². The quantitative estimate of drug-likeness (QED) is 0.797. The lowest BCUT2D eigenvalue weighted by molar-refractivity contribution is 0.538. The highest BCUT2D eigenvalue weighted by atomic mass is 14.8. The van der Waals surface area contributed by atoms with Crippen molar-refractivity contribution in [3.05, 3.63) is 34.9 Å². The molecule has 1 saturated carbocycles. The van der Waals surface area contributed by atoms with Crippen LogP contribution in [0.5, 0.6) is 0 Å². The number of aryl methyl sites for hydroxylation is 1. The van der Waals surface area contributed by atoms with Gasteiger partial charge in [-0.05, 0) is 75.2 Å². The summed E-state index contributed by atoms with van der Waals surface area (Å²) in [5.41, 5.74) is 4.54. The topological polar surface area (TPSA) is 12.0 Å². The summed E-state index contributed by atoms with van der Waals surface area (Å²) in [6, 6.07) is 6.77. The lowest BCUT2D eigenvalue weighted by atomic mass is 9.86. The maximum absolute atomic E-state index is 3.28. The molecule has 1 aromatic rings. The summed E-state index contributed by atoms with van der Waals surface area (Å²) in [7, 11) is 2.05. The van der Waals surface area contributed by atoms with Gasteiger partial charge < -0.3 is 5.32 Å². The Morgan fingerprint density at radius 2 is 2.06 bits per heavy atom. The highest BCUT2D eigenvalue weighted by Gasteiger charge is 2.32. The summed E-state index contributed by atoms with van der Waals surface area (Å²) in [5.74, 6) is 1.74. The molecule has 1 unspecified atom stereocenters. The van der Waals surface area contributed by atoms with Crippen LogP contribution in [0.15, 0.2) is 18.2 Å². The molecule has 1 atom stereocenters. The van der Waals surface area contributed by atoms with E-state index in [0.717, 1.165) is 18.4 Å². The zero-order chi connectivity index (χ0) is 11.5. The third-order valence-electron chi connectivity index (χ3n) is 3.94. The van der Waals surface area contributed by atoms with Crippen LogP contribution in [0.1, 0.15) is 41.9 Å². The molecule has 88 valence electrons. The molecule has 0 radical (unpaired) electrons. The van der Waals surface area contributed by atoms with Gasteiger partial charge in [0.1, 0.15) is 0 Å². The van der Waals surface area contributed by atoms with E-state index in [9.17, 15) is 0 Å². The predicted molar refractivity (Wildman–Crippen MR) is 69.9 cm³/mol. The minimum atomic E-state index is 0.785. The number of rotatable bonds is 5. The first-order valence-corrected chi connectivity index (χ1v) is 6.44. The molecular weight excluding hydrogens is 194 g/mol. The van der Waals surface area contributed by atoms with Gasteiger partial charge in [-0.2, -0.15) is 0 Å². The van der Waals surface area contributed by atoms with E-state index >= 15 is 0 Å². The maximum atomic E-state index is 3.28. The molecule has 1 aliphatic carbocycles. The maximum Gasteiger partial charge on any atom is -0.00460 e. The highest BCUT2D eigenvalue weighted by molar-refractivity contribution is 5.36. The SMILES string of the molecule is CNCCC(c1cccc(C)c1C)C1CC1. The summed E-state index contributed by atoms with van der Waals surface area (Å²) in [6.45, 7) is 5.63. The first kappa shape index (κ1) is 11.7. The molecule has 0 aromatic heterocycles. The molecule has 0 bridgehead atoms. The molecule has 1 nitrogen and oxygen atoms in total. The Bertz CT molecular complexity index is 352. The Balaban J connectivity index is 2.20. The lowest BCUT2D eigenvalue weighted by Crippen LogP contribution is -2.14. The van der Waals surface area contributed by atoms with Gasteiger partial charge in [0, 0.05) is 0 Å². The van der Waals surface area contributed by atoms with E-state index in [0.29, 0.717) is 0 Å². The molecule has 0 aliphatic heterocycles. The summed E-state index contributed by atoms with van der Waals surface area (Å²) >= 11 is 0. The molecule has 0 heterocycles. The van der Waals surface area contributed by atoms with Crippen molar-refractivity contribution < 1.29 is 0 Å². The first-order valence-electron chi connectivity index (χ1n) is 6.44. The molecular formula is C15H23N. The number of hydrogen-bond donors (Lipinski definition) is 1. The van der Waals surface area contributed by atoms with Gasteiger partial charge in [0.15, 0.2) is 0 Å². The molecule has 1 aromatic carbocycles. The third-order valence-corrected chi connectivity index (χ3v) is 3.94. The molecule has 1 N–H and O–H groups in total. The van der Waals surface area contributed by atoms with E-state index in [2.05, 4.69) is 37.4 Å². The highest BCUT2D eigenvalue weighted by Crippen LogP contribution is 2.45. The second kappa shape index (κ2) is 5.01. The van der Waals surface area contributed by atoms with Crippen LogP contribution in [-0.2, 0) is 0 Å². The average Bonchev–Trinajstić information content (AvgIpc) is 3.08. The van der Waals surface area contributed by atoms with E-state index < -0.39 is 0 Å². The lowest BCUT2D eigenvalue weighted by Gasteiger charge is -2.20. The zero-order valence-corrected chi connectivity index (χ0v) is 10.7. The molecule has 0 spiro atoms. The second-order valence-corrected chi connectivity index (χ2v) is 5.13. The molecule has 1 heteroatoms. The fourth-order valence-electron chi connectivity index (χ4n) is 2.62. The van der Waals surface area contributed by atoms with Crippen LogP contribution in [0.2, 0.25) is 0 Å². The fourth-order valence-corrected chi connectivity index (χ4v) is 2.62. The fraction of sp³-hybridized carbons (Fsp3) is 0.600. The van der Waals surface area contributed by atoms with Crippen LogP contribution < -0.4 is 5.32 Å². The Hall–Kier alpha value is -0.820. The third kappa shape index (κ3) is 2.46. The smallest absolute Gasteiger partial charge is 0.00460 e. The monoisotopic (exact) mass is 217 g/mol. The Morgan fingerprint density at radius 3 is 2.69 bits per heavy atom. The van der Waals surface area contributed by atoms with Gasteiger partial charge >= 0.3 is 0 Å². The number of benzene rings is 1. The summed E-state index contributed by atoms with van der Waals surface area (Å²) in [5, 5.41) is 3.28. The second-order valence-electron chi connectivity index (χ2n) is 5.13. The van der Waals surface area contributed by atoms with E-state index in [1.807, 2.05) is 7.05 Å². The molecule has 1 fully saturated rings. The van der Waals surface area contributed by atoms with Crippen LogP contribution in [-0.4, -0.2) is 13.6 Å². The van der Waals surface area contributed by atoms with Crippen LogP contribution in [0, 0.1) is 19.8 Å². The van der Waals surface area contributed by atoms with Gasteiger partial charge in [-0.15, -0.1) is 0 Å². The number of hydrogen-bond acceptors (Lipinski definition) is 1. The van der Waals surface area contributed by atoms with Crippen molar-refractivity contribution in [2.24, 2.45) is 5.92 Å². The van der Waals surface area contributed by atoms with Crippen LogP contribution >= 0.6 is 0 Å². The standard InChI is InChI=1S/C15H23N/c1-11-5-4-6-14(12(11)2)15(9-10-16-3)13-7-8-13/h4-6,13,15-16H,7-10H2,1-3H3. The van der Waals surface area contributed by atoms with Gasteiger partial charge in [-0.1, -0.05) is 18.2 Å². The first-order chi connectivity index (χ1) is 7.74. The molecule has 16 heavy (non-hydrogen) atoms. The van der Waals surface area contributed by atoms with Crippen molar-refractivity contribution in [3.63, 3.8) is 0 Å². The Kier molecular flexibility index (Phi) is 3.65. The van der Waals surface area contributed by atoms with Crippen molar-refractivity contribution in [3.8, 4) is 0 Å². The van der Waals surface area contributed by atoms with Crippen molar-refractivity contribution in [2.45, 2.75) is 39.0 Å². The average molecular weight is 217 g/mol. The van der Waals surface area contributed by atoms with Crippen LogP contribution in [0.3, 0.4) is 0 Å². The van der Waals surface area contributed by atoms with Crippen molar-refractivity contribution in [1.82, 2.24) is 5.32 Å². The van der Waals surface area contributed by atoms with Gasteiger partial charge in [-0.3, -0.25) is 0 Å². The van der Waals surface area contributed by atoms with Gasteiger partial charge in [0.2, 0.25) is 0 Å². The predicted octanol–water partition coefficient (Wildman–Crippen LogP) is 3.41. The zero-order valence-electron chi connectivity index (χ0n) is 10.7. The molecule has 1 aliphatic rings. The van der Waals surface area contributed by atoms with Gasteiger partial charge in [0.25, 0.3) is 0 Å². The van der Waals surface area contributed by atoms with Crippen molar-refractivity contribution in [2.75, 3.05) is 13.6 Å². The Labute approximate surface area is 99.3 Å². The number of nitrogens with one attached hydrogen (secondary N) is 1. The summed E-state index contributed by atoms with van der Waals surface area (Å²) < 4.78 is 0. The van der Waals surface area contributed by atoms with Crippen molar-refractivity contribution in [1.29, 1.82) is 0 Å². The molecule has 0 amide bonds. The summed E-state index contributed by atoms with van der Waals surface area (Å²) in [6.07, 6.45) is 4.15.